The van der Waals surface area contributed by atoms with Crippen molar-refractivity contribution in [1.29, 1.82) is 0 Å². The van der Waals surface area contributed by atoms with Gasteiger partial charge in [0.2, 0.25) is 0 Å². The third-order valence-electron chi connectivity index (χ3n) is 3.55. The van der Waals surface area contributed by atoms with E-state index in [-0.39, 0.29) is 5.91 Å². The van der Waals surface area contributed by atoms with Crippen LogP contribution < -0.4 is 5.32 Å². The molecule has 2 heterocycles. The largest absolute Gasteiger partial charge is 0.354 e. The number of nitrogens with zero attached hydrogens (tertiary/aromatic N) is 2. The van der Waals surface area contributed by atoms with Gasteiger partial charge < -0.3 is 10.3 Å². The number of nitrogens with one attached hydrogen (secondary N) is 2. The van der Waals surface area contributed by atoms with Gasteiger partial charge in [-0.1, -0.05) is 6.92 Å². The van der Waals surface area contributed by atoms with E-state index in [0.29, 0.717) is 17.6 Å². The first kappa shape index (κ1) is 14.4. The van der Waals surface area contributed by atoms with Crippen LogP contribution in [0.5, 0.6) is 0 Å². The quantitative estimate of drug-likeness (QED) is 0.898. The van der Waals surface area contributed by atoms with Crippen LogP contribution in [-0.2, 0) is 0 Å². The molecule has 0 aliphatic carbocycles. The molecule has 0 spiro atoms. The Morgan fingerprint density at radius 3 is 2.65 bits per heavy atom. The van der Waals surface area contributed by atoms with Gasteiger partial charge in [0.25, 0.3) is 5.91 Å². The second kappa shape index (κ2) is 5.53. The molecule has 1 unspecified atom stereocenters. The van der Waals surface area contributed by atoms with Crippen molar-refractivity contribution in [3.05, 3.63) is 34.8 Å². The lowest BCUT2D eigenvalue weighted by Crippen LogP contribution is -2.15. The van der Waals surface area contributed by atoms with Crippen molar-refractivity contribution >= 4 is 11.7 Å². The standard InChI is InChI=1S/C15H22N4O/c1-6-11(4)19-12(5)8-13(18-19)17-15(20)14-9(2)7-10(3)16-14/h7-8,11,16H,6H2,1-5H3,(H,17,18,20). The van der Waals surface area contributed by atoms with Gasteiger partial charge in [-0.25, -0.2) is 0 Å². The molecule has 0 fully saturated rings. The lowest BCUT2D eigenvalue weighted by Gasteiger charge is -2.10. The second-order valence-corrected chi connectivity index (χ2v) is 5.34. The van der Waals surface area contributed by atoms with E-state index < -0.39 is 0 Å². The number of carbonyl (C=O) groups is 1. The first-order valence-corrected chi connectivity index (χ1v) is 6.96. The third-order valence-corrected chi connectivity index (χ3v) is 3.55. The zero-order chi connectivity index (χ0) is 14.9. The van der Waals surface area contributed by atoms with E-state index in [2.05, 4.69) is 29.2 Å². The maximum atomic E-state index is 12.2. The van der Waals surface area contributed by atoms with Crippen LogP contribution in [0, 0.1) is 20.8 Å². The van der Waals surface area contributed by atoms with Gasteiger partial charge in [-0.3, -0.25) is 9.48 Å². The minimum atomic E-state index is -0.149. The molecule has 1 amide bonds. The Labute approximate surface area is 119 Å². The van der Waals surface area contributed by atoms with Crippen molar-refractivity contribution in [2.75, 3.05) is 5.32 Å². The number of aromatic amines is 1. The van der Waals surface area contributed by atoms with E-state index in [0.717, 1.165) is 23.4 Å². The summed E-state index contributed by atoms with van der Waals surface area (Å²) in [4.78, 5) is 15.3. The van der Waals surface area contributed by atoms with Crippen LogP contribution in [0.1, 0.15) is 53.7 Å². The molecule has 1 atom stereocenters. The van der Waals surface area contributed by atoms with Gasteiger partial charge in [-0.2, -0.15) is 5.10 Å². The van der Waals surface area contributed by atoms with Crippen molar-refractivity contribution in [1.82, 2.24) is 14.8 Å². The number of H-pyrrole nitrogens is 1. The maximum Gasteiger partial charge on any atom is 0.273 e. The zero-order valence-electron chi connectivity index (χ0n) is 12.7. The number of rotatable bonds is 4. The number of aryl methyl sites for hydroxylation is 3. The summed E-state index contributed by atoms with van der Waals surface area (Å²) in [5.74, 6) is 0.448. The van der Waals surface area contributed by atoms with E-state index in [1.165, 1.54) is 0 Å². The maximum absolute atomic E-state index is 12.2. The predicted molar refractivity (Wildman–Crippen MR) is 80.2 cm³/mol. The van der Waals surface area contributed by atoms with E-state index in [4.69, 9.17) is 0 Å². The van der Waals surface area contributed by atoms with Crippen LogP contribution in [0.4, 0.5) is 5.82 Å². The molecule has 0 aliphatic heterocycles. The van der Waals surface area contributed by atoms with Gasteiger partial charge in [0, 0.05) is 23.5 Å². The van der Waals surface area contributed by atoms with Gasteiger partial charge in [0.1, 0.15) is 5.69 Å². The van der Waals surface area contributed by atoms with Crippen LogP contribution in [0.15, 0.2) is 12.1 Å². The fraction of sp³-hybridized carbons (Fsp3) is 0.467. The Morgan fingerprint density at radius 1 is 1.40 bits per heavy atom. The summed E-state index contributed by atoms with van der Waals surface area (Å²) in [7, 11) is 0. The first-order valence-electron chi connectivity index (χ1n) is 6.96. The molecule has 0 radical (unpaired) electrons. The molecule has 2 aromatic heterocycles. The number of hydrogen-bond acceptors (Lipinski definition) is 2. The minimum absolute atomic E-state index is 0.149. The van der Waals surface area contributed by atoms with Crippen LogP contribution >= 0.6 is 0 Å². The highest BCUT2D eigenvalue weighted by atomic mass is 16.2. The predicted octanol–water partition coefficient (Wildman–Crippen LogP) is 3.36. The van der Waals surface area contributed by atoms with Gasteiger partial charge in [0.15, 0.2) is 5.82 Å². The molecule has 0 aromatic carbocycles. The molecule has 5 nitrogen and oxygen atoms in total. The summed E-state index contributed by atoms with van der Waals surface area (Å²) in [5.41, 5.74) is 3.57. The molecule has 2 rings (SSSR count). The Bertz CT molecular complexity index is 624. The van der Waals surface area contributed by atoms with Crippen molar-refractivity contribution in [3.63, 3.8) is 0 Å². The van der Waals surface area contributed by atoms with E-state index in [1.54, 1.807) is 0 Å². The number of carbonyl (C=O) groups excluding carboxylic acids is 1. The summed E-state index contributed by atoms with van der Waals surface area (Å²) >= 11 is 0. The molecule has 0 aliphatic rings. The van der Waals surface area contributed by atoms with Crippen LogP contribution in [-0.4, -0.2) is 20.7 Å². The molecule has 2 aromatic rings. The topological polar surface area (TPSA) is 62.7 Å². The van der Waals surface area contributed by atoms with Crippen molar-refractivity contribution in [2.24, 2.45) is 0 Å². The Kier molecular flexibility index (Phi) is 3.97. The lowest BCUT2D eigenvalue weighted by molar-refractivity contribution is 0.102. The summed E-state index contributed by atoms with van der Waals surface area (Å²) in [5, 5.41) is 7.30. The highest BCUT2D eigenvalue weighted by Gasteiger charge is 2.15. The number of anilines is 1. The van der Waals surface area contributed by atoms with Crippen molar-refractivity contribution in [3.8, 4) is 0 Å². The number of aromatic nitrogens is 3. The van der Waals surface area contributed by atoms with E-state index in [1.807, 2.05) is 37.6 Å². The second-order valence-electron chi connectivity index (χ2n) is 5.34. The van der Waals surface area contributed by atoms with Gasteiger partial charge in [-0.15, -0.1) is 0 Å². The molecule has 20 heavy (non-hydrogen) atoms. The van der Waals surface area contributed by atoms with E-state index in [9.17, 15) is 4.79 Å². The summed E-state index contributed by atoms with van der Waals surface area (Å²) < 4.78 is 1.95. The first-order chi connectivity index (χ1) is 9.42. The van der Waals surface area contributed by atoms with Gasteiger partial charge in [-0.05, 0) is 45.7 Å². The monoisotopic (exact) mass is 274 g/mol. The van der Waals surface area contributed by atoms with E-state index >= 15 is 0 Å². The molecule has 0 saturated carbocycles. The highest BCUT2D eigenvalue weighted by molar-refractivity contribution is 6.03. The van der Waals surface area contributed by atoms with Crippen molar-refractivity contribution < 1.29 is 4.79 Å². The molecule has 108 valence electrons. The molecule has 0 saturated heterocycles. The third kappa shape index (κ3) is 2.76. The molecule has 5 heteroatoms. The van der Waals surface area contributed by atoms with Crippen LogP contribution in [0.2, 0.25) is 0 Å². The summed E-state index contributed by atoms with van der Waals surface area (Å²) in [6.45, 7) is 10.1. The van der Waals surface area contributed by atoms with Gasteiger partial charge >= 0.3 is 0 Å². The number of hydrogen-bond donors (Lipinski definition) is 2. The average Bonchev–Trinajstić information content (AvgIpc) is 2.91. The Morgan fingerprint density at radius 2 is 2.10 bits per heavy atom. The summed E-state index contributed by atoms with van der Waals surface area (Å²) in [6, 6.07) is 4.18. The van der Waals surface area contributed by atoms with Crippen LogP contribution in [0.3, 0.4) is 0 Å². The fourth-order valence-electron chi connectivity index (χ4n) is 2.31. The zero-order valence-corrected chi connectivity index (χ0v) is 12.7. The lowest BCUT2D eigenvalue weighted by atomic mass is 10.2. The number of amides is 1. The summed E-state index contributed by atoms with van der Waals surface area (Å²) in [6.07, 6.45) is 1.00. The Balaban J connectivity index is 2.18. The van der Waals surface area contributed by atoms with Crippen molar-refractivity contribution in [2.45, 2.75) is 47.1 Å². The SMILES string of the molecule is CCC(C)n1nc(NC(=O)c2[nH]c(C)cc2C)cc1C. The smallest absolute Gasteiger partial charge is 0.273 e. The molecular formula is C15H22N4O. The average molecular weight is 274 g/mol. The van der Waals surface area contributed by atoms with Gasteiger partial charge in [0.05, 0.1) is 0 Å². The normalized spacial score (nSPS) is 12.4. The molecular weight excluding hydrogens is 252 g/mol. The Hall–Kier alpha value is -2.04. The molecule has 2 N–H and O–H groups in total. The minimum Gasteiger partial charge on any atom is -0.354 e. The fourth-order valence-corrected chi connectivity index (χ4v) is 2.31. The highest BCUT2D eigenvalue weighted by Crippen LogP contribution is 2.17. The van der Waals surface area contributed by atoms with Crippen LogP contribution in [0.25, 0.3) is 0 Å². The molecule has 0 bridgehead atoms.